The predicted molar refractivity (Wildman–Crippen MR) is 58.2 cm³/mol. The fraction of sp³-hybridized carbons (Fsp3) is 0.818. The Kier molecular flexibility index (Phi) is 8.29. The average Bonchev–Trinajstić information content (AvgIpc) is 2.15. The Morgan fingerprint density at radius 3 is 2.31 bits per heavy atom. The van der Waals surface area contributed by atoms with Crippen molar-refractivity contribution in [3.8, 4) is 0 Å². The molecule has 0 rings (SSSR count). The molecule has 2 nitrogen and oxygen atoms in total. The largest absolute Gasteiger partial charge is 0.401 e. The second-order valence-electron chi connectivity index (χ2n) is 3.75. The van der Waals surface area contributed by atoms with E-state index in [1.807, 2.05) is 0 Å². The molecule has 0 unspecified atom stereocenters. The normalized spacial score (nSPS) is 12.1. The number of aliphatic hydroxyl groups is 1. The van der Waals surface area contributed by atoms with Crippen LogP contribution in [0.4, 0.5) is 13.2 Å². The van der Waals surface area contributed by atoms with E-state index in [1.165, 1.54) is 4.90 Å². The fourth-order valence-corrected chi connectivity index (χ4v) is 1.47. The maximum atomic E-state index is 12.1. The lowest BCUT2D eigenvalue weighted by Crippen LogP contribution is -2.36. The van der Waals surface area contributed by atoms with Gasteiger partial charge in [0.05, 0.1) is 13.2 Å². The van der Waals surface area contributed by atoms with Gasteiger partial charge in [0, 0.05) is 6.54 Å². The van der Waals surface area contributed by atoms with Crippen LogP contribution < -0.4 is 0 Å². The SMILES string of the molecule is C=CCCCCCN(CCO)CC(F)(F)F. The summed E-state index contributed by atoms with van der Waals surface area (Å²) in [6.45, 7) is 2.88. The van der Waals surface area contributed by atoms with Crippen LogP contribution >= 0.6 is 0 Å². The van der Waals surface area contributed by atoms with E-state index >= 15 is 0 Å². The first-order chi connectivity index (χ1) is 7.49. The summed E-state index contributed by atoms with van der Waals surface area (Å²) in [5.41, 5.74) is 0. The van der Waals surface area contributed by atoms with E-state index in [2.05, 4.69) is 6.58 Å². The van der Waals surface area contributed by atoms with Crippen LogP contribution in [0.3, 0.4) is 0 Å². The summed E-state index contributed by atoms with van der Waals surface area (Å²) >= 11 is 0. The van der Waals surface area contributed by atoms with Crippen molar-refractivity contribution in [2.24, 2.45) is 0 Å². The van der Waals surface area contributed by atoms with Crippen molar-refractivity contribution < 1.29 is 18.3 Å². The Morgan fingerprint density at radius 1 is 1.12 bits per heavy atom. The van der Waals surface area contributed by atoms with Gasteiger partial charge in [-0.3, -0.25) is 4.90 Å². The molecule has 5 heteroatoms. The topological polar surface area (TPSA) is 23.5 Å². The zero-order chi connectivity index (χ0) is 12.4. The molecule has 0 atom stereocenters. The number of allylic oxidation sites excluding steroid dienone is 1. The predicted octanol–water partition coefficient (Wildman–Crippen LogP) is 2.59. The molecule has 0 bridgehead atoms. The van der Waals surface area contributed by atoms with Crippen LogP contribution in [-0.4, -0.2) is 42.4 Å². The molecular formula is C11H20F3NO. The Balaban J connectivity index is 3.72. The molecule has 0 spiro atoms. The highest BCUT2D eigenvalue weighted by Gasteiger charge is 2.30. The molecule has 0 fully saturated rings. The van der Waals surface area contributed by atoms with Gasteiger partial charge in [-0.2, -0.15) is 13.2 Å². The zero-order valence-corrected chi connectivity index (χ0v) is 9.47. The maximum Gasteiger partial charge on any atom is 0.401 e. The Hall–Kier alpha value is -0.550. The molecule has 1 N–H and O–H groups in total. The van der Waals surface area contributed by atoms with Crippen molar-refractivity contribution in [2.45, 2.75) is 31.9 Å². The number of nitrogens with zero attached hydrogens (tertiary/aromatic N) is 1. The molecule has 0 saturated heterocycles. The van der Waals surface area contributed by atoms with Gasteiger partial charge in [0.15, 0.2) is 0 Å². The lowest BCUT2D eigenvalue weighted by Gasteiger charge is -2.22. The molecule has 0 radical (unpaired) electrons. The maximum absolute atomic E-state index is 12.1. The van der Waals surface area contributed by atoms with E-state index in [-0.39, 0.29) is 13.2 Å². The minimum absolute atomic E-state index is 0.0843. The van der Waals surface area contributed by atoms with Crippen molar-refractivity contribution in [1.82, 2.24) is 4.90 Å². The molecule has 0 heterocycles. The number of rotatable bonds is 9. The summed E-state index contributed by atoms with van der Waals surface area (Å²) < 4.78 is 36.4. The van der Waals surface area contributed by atoms with Crippen molar-refractivity contribution in [3.05, 3.63) is 12.7 Å². The Bertz CT molecular complexity index is 183. The quantitative estimate of drug-likeness (QED) is 0.494. The third kappa shape index (κ3) is 9.98. The van der Waals surface area contributed by atoms with Crippen molar-refractivity contribution in [3.63, 3.8) is 0 Å². The molecular weight excluding hydrogens is 219 g/mol. The molecule has 0 amide bonds. The first-order valence-corrected chi connectivity index (χ1v) is 5.50. The summed E-state index contributed by atoms with van der Waals surface area (Å²) in [7, 11) is 0. The van der Waals surface area contributed by atoms with Gasteiger partial charge in [-0.1, -0.05) is 12.5 Å². The summed E-state index contributed by atoms with van der Waals surface area (Å²) in [6.07, 6.45) is 1.11. The second kappa shape index (κ2) is 8.58. The van der Waals surface area contributed by atoms with E-state index < -0.39 is 12.7 Å². The smallest absolute Gasteiger partial charge is 0.395 e. The van der Waals surface area contributed by atoms with Crippen molar-refractivity contribution in [1.29, 1.82) is 0 Å². The summed E-state index contributed by atoms with van der Waals surface area (Å²) in [5.74, 6) is 0. The fourth-order valence-electron chi connectivity index (χ4n) is 1.47. The zero-order valence-electron chi connectivity index (χ0n) is 9.47. The summed E-state index contributed by atoms with van der Waals surface area (Å²) in [6, 6.07) is 0. The molecule has 0 saturated carbocycles. The number of alkyl halides is 3. The lowest BCUT2D eigenvalue weighted by atomic mass is 10.2. The van der Waals surface area contributed by atoms with E-state index in [4.69, 9.17) is 5.11 Å². The Morgan fingerprint density at radius 2 is 1.81 bits per heavy atom. The van der Waals surface area contributed by atoms with E-state index in [0.29, 0.717) is 6.54 Å². The van der Waals surface area contributed by atoms with Crippen molar-refractivity contribution >= 4 is 0 Å². The molecule has 0 aliphatic rings. The van der Waals surface area contributed by atoms with Gasteiger partial charge in [-0.05, 0) is 25.8 Å². The first-order valence-electron chi connectivity index (χ1n) is 5.50. The number of aliphatic hydroxyl groups excluding tert-OH is 1. The van der Waals surface area contributed by atoms with Crippen LogP contribution in [0, 0.1) is 0 Å². The molecule has 0 aliphatic heterocycles. The van der Waals surface area contributed by atoms with Crippen molar-refractivity contribution in [2.75, 3.05) is 26.2 Å². The van der Waals surface area contributed by atoms with Gasteiger partial charge in [0.25, 0.3) is 0 Å². The highest BCUT2D eigenvalue weighted by atomic mass is 19.4. The summed E-state index contributed by atoms with van der Waals surface area (Å²) in [4.78, 5) is 1.24. The van der Waals surface area contributed by atoms with Gasteiger partial charge < -0.3 is 5.11 Å². The van der Waals surface area contributed by atoms with Crippen LogP contribution in [-0.2, 0) is 0 Å². The van der Waals surface area contributed by atoms with Crippen LogP contribution in [0.1, 0.15) is 25.7 Å². The lowest BCUT2D eigenvalue weighted by molar-refractivity contribution is -0.146. The second-order valence-corrected chi connectivity index (χ2v) is 3.75. The highest BCUT2D eigenvalue weighted by Crippen LogP contribution is 2.16. The first kappa shape index (κ1) is 15.4. The standard InChI is InChI=1S/C11H20F3NO/c1-2-3-4-5-6-7-15(8-9-16)10-11(12,13)14/h2,16H,1,3-10H2. The number of hydrogen-bond acceptors (Lipinski definition) is 2. The van der Waals surface area contributed by atoms with Gasteiger partial charge in [0.1, 0.15) is 0 Å². The van der Waals surface area contributed by atoms with Gasteiger partial charge in [0.2, 0.25) is 0 Å². The van der Waals surface area contributed by atoms with E-state index in [1.54, 1.807) is 6.08 Å². The third-order valence-corrected chi connectivity index (χ3v) is 2.20. The highest BCUT2D eigenvalue weighted by molar-refractivity contribution is 4.67. The molecule has 0 aliphatic carbocycles. The van der Waals surface area contributed by atoms with Gasteiger partial charge >= 0.3 is 6.18 Å². The molecule has 0 aromatic carbocycles. The number of unbranched alkanes of at least 4 members (excludes halogenated alkanes) is 3. The molecule has 0 aromatic heterocycles. The van der Waals surface area contributed by atoms with E-state index in [9.17, 15) is 13.2 Å². The van der Waals surface area contributed by atoms with Crippen LogP contribution in [0.2, 0.25) is 0 Å². The number of halogens is 3. The van der Waals surface area contributed by atoms with Crippen LogP contribution in [0.15, 0.2) is 12.7 Å². The van der Waals surface area contributed by atoms with Crippen LogP contribution in [0.5, 0.6) is 0 Å². The molecule has 0 aromatic rings. The summed E-state index contributed by atoms with van der Waals surface area (Å²) in [5, 5.41) is 8.65. The Labute approximate surface area is 94.7 Å². The monoisotopic (exact) mass is 239 g/mol. The molecule has 16 heavy (non-hydrogen) atoms. The average molecular weight is 239 g/mol. The van der Waals surface area contributed by atoms with Crippen LogP contribution in [0.25, 0.3) is 0 Å². The van der Waals surface area contributed by atoms with Gasteiger partial charge in [-0.25, -0.2) is 0 Å². The van der Waals surface area contributed by atoms with Gasteiger partial charge in [-0.15, -0.1) is 6.58 Å². The number of hydrogen-bond donors (Lipinski definition) is 1. The van der Waals surface area contributed by atoms with E-state index in [0.717, 1.165) is 25.7 Å². The minimum atomic E-state index is -4.18. The third-order valence-electron chi connectivity index (χ3n) is 2.20. The minimum Gasteiger partial charge on any atom is -0.395 e. The molecule has 96 valence electrons.